The lowest BCUT2D eigenvalue weighted by Gasteiger charge is -2.14. The highest BCUT2D eigenvalue weighted by molar-refractivity contribution is 5.92. The van der Waals surface area contributed by atoms with Crippen LogP contribution in [0, 0.1) is 11.8 Å². The number of nitrogens with two attached hydrogens (primary N) is 1. The van der Waals surface area contributed by atoms with E-state index in [0.717, 1.165) is 24.7 Å². The van der Waals surface area contributed by atoms with Crippen molar-refractivity contribution in [3.8, 4) is 0 Å². The number of carbonyl (C=O) groups is 1. The van der Waals surface area contributed by atoms with Crippen molar-refractivity contribution in [2.45, 2.75) is 46.1 Å². The molecule has 2 atom stereocenters. The summed E-state index contributed by atoms with van der Waals surface area (Å²) >= 11 is 0. The number of nitrogens with zero attached hydrogens (tertiary/aromatic N) is 2. The number of methoxy groups -OCH3 is 1. The monoisotopic (exact) mass is 265 g/mol. The molecule has 1 fully saturated rings. The first-order valence-electron chi connectivity index (χ1n) is 7.00. The summed E-state index contributed by atoms with van der Waals surface area (Å²) in [7, 11) is 1.35. The molecule has 0 spiro atoms. The molecule has 2 N–H and O–H groups in total. The Hall–Kier alpha value is -1.52. The van der Waals surface area contributed by atoms with Crippen molar-refractivity contribution in [1.82, 2.24) is 9.55 Å². The first kappa shape index (κ1) is 13.9. The fourth-order valence-corrected chi connectivity index (χ4v) is 2.98. The van der Waals surface area contributed by atoms with Crippen molar-refractivity contribution >= 4 is 11.8 Å². The molecule has 19 heavy (non-hydrogen) atoms. The van der Waals surface area contributed by atoms with Crippen molar-refractivity contribution < 1.29 is 9.53 Å². The molecular formula is C14H23N3O2. The van der Waals surface area contributed by atoms with Gasteiger partial charge in [-0.1, -0.05) is 20.3 Å². The summed E-state index contributed by atoms with van der Waals surface area (Å²) in [6.07, 6.45) is 4.51. The molecule has 0 bridgehead atoms. The zero-order valence-electron chi connectivity index (χ0n) is 12.0. The summed E-state index contributed by atoms with van der Waals surface area (Å²) < 4.78 is 6.72. The van der Waals surface area contributed by atoms with E-state index in [1.165, 1.54) is 26.4 Å². The van der Waals surface area contributed by atoms with Gasteiger partial charge in [-0.15, -0.1) is 0 Å². The second-order valence-electron chi connectivity index (χ2n) is 5.50. The quantitative estimate of drug-likeness (QED) is 0.848. The van der Waals surface area contributed by atoms with Gasteiger partial charge in [0.25, 0.3) is 0 Å². The molecule has 1 aromatic rings. The van der Waals surface area contributed by atoms with Crippen LogP contribution in [0.5, 0.6) is 0 Å². The van der Waals surface area contributed by atoms with Crippen LogP contribution in [0.1, 0.15) is 49.4 Å². The third-order valence-corrected chi connectivity index (χ3v) is 4.03. The molecule has 5 heteroatoms. The largest absolute Gasteiger partial charge is 0.464 e. The Kier molecular flexibility index (Phi) is 4.12. The maximum atomic E-state index is 11.6. The number of rotatable bonds is 4. The van der Waals surface area contributed by atoms with Crippen molar-refractivity contribution in [2.24, 2.45) is 11.8 Å². The second kappa shape index (κ2) is 5.63. The Labute approximate surface area is 114 Å². The number of aryl methyl sites for hydroxylation is 1. The van der Waals surface area contributed by atoms with Gasteiger partial charge in [-0.2, -0.15) is 0 Å². The SMILES string of the molecule is CCc1nc(C(=O)OC)c(N)n1CC1CCC(C)C1. The molecule has 0 radical (unpaired) electrons. The first-order chi connectivity index (χ1) is 9.06. The molecule has 2 unspecified atom stereocenters. The molecule has 1 aliphatic carbocycles. The van der Waals surface area contributed by atoms with E-state index in [-0.39, 0.29) is 5.69 Å². The van der Waals surface area contributed by atoms with Gasteiger partial charge in [-0.3, -0.25) is 0 Å². The smallest absolute Gasteiger partial charge is 0.360 e. The third-order valence-electron chi connectivity index (χ3n) is 4.03. The van der Waals surface area contributed by atoms with Gasteiger partial charge >= 0.3 is 5.97 Å². The van der Waals surface area contributed by atoms with Gasteiger partial charge in [0.1, 0.15) is 11.6 Å². The number of anilines is 1. The number of aromatic nitrogens is 2. The highest BCUT2D eigenvalue weighted by atomic mass is 16.5. The fourth-order valence-electron chi connectivity index (χ4n) is 2.98. The van der Waals surface area contributed by atoms with Crippen LogP contribution in [0.2, 0.25) is 0 Å². The lowest BCUT2D eigenvalue weighted by Crippen LogP contribution is -2.14. The highest BCUT2D eigenvalue weighted by Gasteiger charge is 2.26. The molecule has 106 valence electrons. The average Bonchev–Trinajstić information content (AvgIpc) is 2.94. The van der Waals surface area contributed by atoms with Crippen LogP contribution in [-0.2, 0) is 17.7 Å². The minimum absolute atomic E-state index is 0.255. The molecule has 0 amide bonds. The minimum Gasteiger partial charge on any atom is -0.464 e. The maximum absolute atomic E-state index is 11.6. The van der Waals surface area contributed by atoms with Crippen LogP contribution in [0.3, 0.4) is 0 Å². The summed E-state index contributed by atoms with van der Waals surface area (Å²) in [5, 5.41) is 0. The topological polar surface area (TPSA) is 70.1 Å². The number of esters is 1. The van der Waals surface area contributed by atoms with E-state index in [4.69, 9.17) is 10.5 Å². The van der Waals surface area contributed by atoms with E-state index in [9.17, 15) is 4.79 Å². The van der Waals surface area contributed by atoms with Crippen LogP contribution in [0.4, 0.5) is 5.82 Å². The Morgan fingerprint density at radius 1 is 1.53 bits per heavy atom. The Balaban J connectivity index is 2.23. The molecule has 1 heterocycles. The van der Waals surface area contributed by atoms with Crippen molar-refractivity contribution in [3.63, 3.8) is 0 Å². The van der Waals surface area contributed by atoms with Crippen molar-refractivity contribution in [3.05, 3.63) is 11.5 Å². The zero-order chi connectivity index (χ0) is 14.0. The van der Waals surface area contributed by atoms with Crippen LogP contribution in [0.15, 0.2) is 0 Å². The Morgan fingerprint density at radius 3 is 2.79 bits per heavy atom. The van der Waals surface area contributed by atoms with Crippen molar-refractivity contribution in [1.29, 1.82) is 0 Å². The number of imidazole rings is 1. The third kappa shape index (κ3) is 2.74. The minimum atomic E-state index is -0.453. The molecule has 0 saturated heterocycles. The zero-order valence-corrected chi connectivity index (χ0v) is 12.0. The number of ether oxygens (including phenoxy) is 1. The van der Waals surface area contributed by atoms with Gasteiger partial charge in [0.05, 0.1) is 7.11 Å². The molecule has 1 saturated carbocycles. The molecule has 0 aliphatic heterocycles. The van der Waals surface area contributed by atoms with E-state index in [1.54, 1.807) is 0 Å². The van der Waals surface area contributed by atoms with E-state index in [0.29, 0.717) is 11.7 Å². The van der Waals surface area contributed by atoms with Gasteiger partial charge in [-0.05, 0) is 24.7 Å². The second-order valence-corrected chi connectivity index (χ2v) is 5.50. The molecule has 5 nitrogen and oxygen atoms in total. The van der Waals surface area contributed by atoms with Crippen molar-refractivity contribution in [2.75, 3.05) is 12.8 Å². The highest BCUT2D eigenvalue weighted by Crippen LogP contribution is 2.32. The molecule has 1 aromatic heterocycles. The van der Waals surface area contributed by atoms with Gasteiger partial charge in [-0.25, -0.2) is 9.78 Å². The molecule has 2 rings (SSSR count). The van der Waals surface area contributed by atoms with Gasteiger partial charge in [0.15, 0.2) is 5.69 Å². The lowest BCUT2D eigenvalue weighted by atomic mass is 10.1. The number of hydrogen-bond donors (Lipinski definition) is 1. The standard InChI is InChI=1S/C14H23N3O2/c1-4-11-16-12(14(18)19-3)13(15)17(11)8-10-6-5-9(2)7-10/h9-10H,4-8,15H2,1-3H3. The van der Waals surface area contributed by atoms with E-state index >= 15 is 0 Å². The van der Waals surface area contributed by atoms with Gasteiger partial charge in [0.2, 0.25) is 0 Å². The summed E-state index contributed by atoms with van der Waals surface area (Å²) in [4.78, 5) is 16.0. The first-order valence-corrected chi connectivity index (χ1v) is 7.00. The summed E-state index contributed by atoms with van der Waals surface area (Å²) in [5.41, 5.74) is 6.32. The summed E-state index contributed by atoms with van der Waals surface area (Å²) in [6, 6.07) is 0. The number of nitrogen functional groups attached to an aromatic ring is 1. The summed E-state index contributed by atoms with van der Waals surface area (Å²) in [6.45, 7) is 5.18. The number of hydrogen-bond acceptors (Lipinski definition) is 4. The summed E-state index contributed by atoms with van der Waals surface area (Å²) in [5.74, 6) is 2.30. The van der Waals surface area contributed by atoms with Crippen LogP contribution in [0.25, 0.3) is 0 Å². The predicted molar refractivity (Wildman–Crippen MR) is 73.9 cm³/mol. The van der Waals surface area contributed by atoms with Crippen LogP contribution in [-0.4, -0.2) is 22.6 Å². The Bertz CT molecular complexity index is 468. The number of carbonyl (C=O) groups excluding carboxylic acids is 1. The van der Waals surface area contributed by atoms with Gasteiger partial charge in [0, 0.05) is 13.0 Å². The fraction of sp³-hybridized carbons (Fsp3) is 0.714. The Morgan fingerprint density at radius 2 is 2.26 bits per heavy atom. The van der Waals surface area contributed by atoms with E-state index in [1.807, 2.05) is 11.5 Å². The molecule has 0 aromatic carbocycles. The lowest BCUT2D eigenvalue weighted by molar-refractivity contribution is 0.0595. The van der Waals surface area contributed by atoms with E-state index < -0.39 is 5.97 Å². The van der Waals surface area contributed by atoms with Crippen LogP contribution >= 0.6 is 0 Å². The van der Waals surface area contributed by atoms with E-state index in [2.05, 4.69) is 11.9 Å². The molecular weight excluding hydrogens is 242 g/mol. The average molecular weight is 265 g/mol. The predicted octanol–water partition coefficient (Wildman–Crippen LogP) is 2.25. The molecule has 1 aliphatic rings. The maximum Gasteiger partial charge on any atom is 0.360 e. The normalized spacial score (nSPS) is 22.7. The van der Waals surface area contributed by atoms with Gasteiger partial charge < -0.3 is 15.0 Å². The van der Waals surface area contributed by atoms with Crippen LogP contribution < -0.4 is 5.73 Å².